The molecule has 0 amide bonds. The molecule has 0 aromatic heterocycles. The fourth-order valence-corrected chi connectivity index (χ4v) is 1.55. The van der Waals surface area contributed by atoms with Gasteiger partial charge in [-0.25, -0.2) is 0 Å². The number of hydrogen-bond acceptors (Lipinski definition) is 4. The summed E-state index contributed by atoms with van der Waals surface area (Å²) in [5, 5.41) is 30.1. The molecule has 0 heterocycles. The molecular formula is C13H11NO3. The van der Waals surface area contributed by atoms with E-state index < -0.39 is 0 Å². The Morgan fingerprint density at radius 2 is 1.53 bits per heavy atom. The molecule has 17 heavy (non-hydrogen) atoms. The van der Waals surface area contributed by atoms with Crippen LogP contribution in [0.2, 0.25) is 0 Å². The van der Waals surface area contributed by atoms with Gasteiger partial charge in [-0.05, 0) is 35.4 Å². The number of aromatic hydroxyl groups is 2. The molecule has 4 heteroatoms. The maximum absolute atomic E-state index is 9.69. The second kappa shape index (κ2) is 4.57. The van der Waals surface area contributed by atoms with Crippen molar-refractivity contribution in [2.24, 2.45) is 5.16 Å². The second-order valence-electron chi connectivity index (χ2n) is 3.57. The van der Waals surface area contributed by atoms with Crippen molar-refractivity contribution < 1.29 is 15.4 Å². The minimum absolute atomic E-state index is 0.0355. The van der Waals surface area contributed by atoms with Crippen molar-refractivity contribution in [2.45, 2.75) is 0 Å². The van der Waals surface area contributed by atoms with Crippen molar-refractivity contribution in [3.8, 4) is 22.6 Å². The molecule has 0 saturated carbocycles. The lowest BCUT2D eigenvalue weighted by Crippen LogP contribution is -1.84. The SMILES string of the molecule is O/N=C\c1ccc(-c2ccc(O)cc2)cc1O. The van der Waals surface area contributed by atoms with Gasteiger partial charge in [0.25, 0.3) is 0 Å². The van der Waals surface area contributed by atoms with Crippen molar-refractivity contribution in [2.75, 3.05) is 0 Å². The highest BCUT2D eigenvalue weighted by atomic mass is 16.4. The third kappa shape index (κ3) is 2.36. The van der Waals surface area contributed by atoms with Gasteiger partial charge in [0.1, 0.15) is 11.5 Å². The lowest BCUT2D eigenvalue weighted by molar-refractivity contribution is 0.321. The minimum Gasteiger partial charge on any atom is -0.508 e. The highest BCUT2D eigenvalue weighted by Gasteiger charge is 2.03. The quantitative estimate of drug-likeness (QED) is 0.421. The van der Waals surface area contributed by atoms with Gasteiger partial charge in [-0.3, -0.25) is 0 Å². The molecule has 0 atom stereocenters. The Kier molecular flexibility index (Phi) is 2.96. The molecule has 2 aromatic carbocycles. The van der Waals surface area contributed by atoms with E-state index in [1.807, 2.05) is 0 Å². The molecular weight excluding hydrogens is 218 g/mol. The monoisotopic (exact) mass is 229 g/mol. The fourth-order valence-electron chi connectivity index (χ4n) is 1.55. The normalized spacial score (nSPS) is 10.8. The van der Waals surface area contributed by atoms with Gasteiger partial charge < -0.3 is 15.4 Å². The topological polar surface area (TPSA) is 73.1 Å². The van der Waals surface area contributed by atoms with Gasteiger partial charge in [-0.2, -0.15) is 0 Å². The summed E-state index contributed by atoms with van der Waals surface area (Å²) in [5.41, 5.74) is 2.14. The molecule has 0 aliphatic rings. The summed E-state index contributed by atoms with van der Waals surface area (Å²) in [6, 6.07) is 11.7. The third-order valence-electron chi connectivity index (χ3n) is 2.43. The first-order valence-electron chi connectivity index (χ1n) is 5.00. The number of phenols is 2. The van der Waals surface area contributed by atoms with E-state index in [-0.39, 0.29) is 11.5 Å². The van der Waals surface area contributed by atoms with Crippen molar-refractivity contribution >= 4 is 6.21 Å². The maximum atomic E-state index is 9.69. The molecule has 0 radical (unpaired) electrons. The first-order chi connectivity index (χ1) is 8.20. The van der Waals surface area contributed by atoms with Crippen LogP contribution in [0.1, 0.15) is 5.56 Å². The van der Waals surface area contributed by atoms with Crippen molar-refractivity contribution in [1.82, 2.24) is 0 Å². The van der Waals surface area contributed by atoms with Gasteiger partial charge in [-0.15, -0.1) is 0 Å². The average molecular weight is 229 g/mol. The molecule has 3 N–H and O–H groups in total. The van der Waals surface area contributed by atoms with Crippen LogP contribution in [0.4, 0.5) is 0 Å². The van der Waals surface area contributed by atoms with E-state index in [1.54, 1.807) is 42.5 Å². The van der Waals surface area contributed by atoms with Crippen LogP contribution in [0.25, 0.3) is 11.1 Å². The Morgan fingerprint density at radius 1 is 0.882 bits per heavy atom. The molecule has 86 valence electrons. The smallest absolute Gasteiger partial charge is 0.125 e. The molecule has 0 fully saturated rings. The zero-order valence-electron chi connectivity index (χ0n) is 8.91. The summed E-state index contributed by atoms with van der Waals surface area (Å²) < 4.78 is 0. The predicted molar refractivity (Wildman–Crippen MR) is 64.6 cm³/mol. The Hall–Kier alpha value is -2.49. The van der Waals surface area contributed by atoms with Crippen LogP contribution < -0.4 is 0 Å². The van der Waals surface area contributed by atoms with E-state index in [2.05, 4.69) is 5.16 Å². The molecule has 0 aliphatic heterocycles. The zero-order valence-corrected chi connectivity index (χ0v) is 8.91. The van der Waals surface area contributed by atoms with Crippen LogP contribution in [-0.4, -0.2) is 21.6 Å². The summed E-state index contributed by atoms with van der Waals surface area (Å²) in [4.78, 5) is 0. The first kappa shape index (κ1) is 11.0. The average Bonchev–Trinajstić information content (AvgIpc) is 2.33. The van der Waals surface area contributed by atoms with E-state index in [9.17, 15) is 10.2 Å². The molecule has 0 saturated heterocycles. The van der Waals surface area contributed by atoms with E-state index in [1.165, 1.54) is 0 Å². The lowest BCUT2D eigenvalue weighted by atomic mass is 10.0. The van der Waals surface area contributed by atoms with E-state index >= 15 is 0 Å². The second-order valence-corrected chi connectivity index (χ2v) is 3.57. The number of benzene rings is 2. The molecule has 0 unspecified atom stereocenters. The van der Waals surface area contributed by atoms with Crippen LogP contribution in [0, 0.1) is 0 Å². The molecule has 4 nitrogen and oxygen atoms in total. The highest BCUT2D eigenvalue weighted by molar-refractivity contribution is 5.84. The van der Waals surface area contributed by atoms with Gasteiger partial charge in [0.05, 0.1) is 6.21 Å². The zero-order chi connectivity index (χ0) is 12.3. The largest absolute Gasteiger partial charge is 0.508 e. The molecule has 0 spiro atoms. The Morgan fingerprint density at radius 3 is 2.12 bits per heavy atom. The fraction of sp³-hybridized carbons (Fsp3) is 0. The van der Waals surface area contributed by atoms with Gasteiger partial charge >= 0.3 is 0 Å². The van der Waals surface area contributed by atoms with Crippen LogP contribution in [0.5, 0.6) is 11.5 Å². The van der Waals surface area contributed by atoms with Crippen LogP contribution in [-0.2, 0) is 0 Å². The predicted octanol–water partition coefficient (Wildman–Crippen LogP) is 2.57. The van der Waals surface area contributed by atoms with Gasteiger partial charge in [0.2, 0.25) is 0 Å². The molecule has 0 bridgehead atoms. The van der Waals surface area contributed by atoms with Crippen molar-refractivity contribution in [3.05, 3.63) is 48.0 Å². The minimum atomic E-state index is 0.0355. The van der Waals surface area contributed by atoms with Crippen molar-refractivity contribution in [1.29, 1.82) is 0 Å². The van der Waals surface area contributed by atoms with Crippen LogP contribution >= 0.6 is 0 Å². The third-order valence-corrected chi connectivity index (χ3v) is 2.43. The maximum Gasteiger partial charge on any atom is 0.125 e. The summed E-state index contributed by atoms with van der Waals surface area (Å²) >= 11 is 0. The van der Waals surface area contributed by atoms with Gasteiger partial charge in [0, 0.05) is 5.56 Å². The Bertz CT molecular complexity index is 547. The number of rotatable bonds is 2. The van der Waals surface area contributed by atoms with E-state index in [0.29, 0.717) is 5.56 Å². The van der Waals surface area contributed by atoms with E-state index in [4.69, 9.17) is 5.21 Å². The van der Waals surface area contributed by atoms with Crippen LogP contribution in [0.15, 0.2) is 47.6 Å². The summed E-state index contributed by atoms with van der Waals surface area (Å²) in [7, 11) is 0. The van der Waals surface area contributed by atoms with Crippen molar-refractivity contribution in [3.63, 3.8) is 0 Å². The number of phenolic OH excluding ortho intramolecular Hbond substituents is 2. The van der Waals surface area contributed by atoms with Gasteiger partial charge in [-0.1, -0.05) is 23.4 Å². The Labute approximate surface area is 98.1 Å². The molecule has 2 aromatic rings. The lowest BCUT2D eigenvalue weighted by Gasteiger charge is -2.04. The standard InChI is InChI=1S/C13H11NO3/c15-12-5-3-9(4-6-12)10-1-2-11(8-14-17)13(16)7-10/h1-8,15-17H/b14-8-. The van der Waals surface area contributed by atoms with Crippen LogP contribution in [0.3, 0.4) is 0 Å². The summed E-state index contributed by atoms with van der Waals surface area (Å²) in [6.07, 6.45) is 1.16. The Balaban J connectivity index is 2.40. The number of hydrogen-bond donors (Lipinski definition) is 3. The number of oxime groups is 1. The van der Waals surface area contributed by atoms with E-state index in [0.717, 1.165) is 17.3 Å². The molecule has 2 rings (SSSR count). The first-order valence-corrected chi connectivity index (χ1v) is 5.00. The molecule has 0 aliphatic carbocycles. The number of nitrogens with zero attached hydrogens (tertiary/aromatic N) is 1. The summed E-state index contributed by atoms with van der Waals surface area (Å²) in [5.74, 6) is 0.232. The van der Waals surface area contributed by atoms with Gasteiger partial charge in [0.15, 0.2) is 0 Å². The summed E-state index contributed by atoms with van der Waals surface area (Å²) in [6.45, 7) is 0. The highest BCUT2D eigenvalue weighted by Crippen LogP contribution is 2.26.